The van der Waals surface area contributed by atoms with E-state index >= 15 is 0 Å². The number of carbonyl (C=O) groups is 1. The zero-order valence-electron chi connectivity index (χ0n) is 9.29. The van der Waals surface area contributed by atoms with Gasteiger partial charge in [0.25, 0.3) is 0 Å². The number of ether oxygens (including phenoxy) is 1. The summed E-state index contributed by atoms with van der Waals surface area (Å²) in [6, 6.07) is 4.90. The summed E-state index contributed by atoms with van der Waals surface area (Å²) >= 11 is 0. The first-order valence-electron chi connectivity index (χ1n) is 4.91. The summed E-state index contributed by atoms with van der Waals surface area (Å²) in [7, 11) is 1.52. The number of halogens is 1. The number of amides is 2. The van der Waals surface area contributed by atoms with Crippen LogP contribution in [0.1, 0.15) is 5.56 Å². The number of anilines is 1. The summed E-state index contributed by atoms with van der Waals surface area (Å²) in [4.78, 5) is 11.4. The summed E-state index contributed by atoms with van der Waals surface area (Å²) in [6.07, 6.45) is 0. The molecular formula is C11H12FN3O2. The van der Waals surface area contributed by atoms with Crippen LogP contribution in [0.5, 0.6) is 0 Å². The van der Waals surface area contributed by atoms with E-state index in [1.165, 1.54) is 19.2 Å². The van der Waals surface area contributed by atoms with Crippen LogP contribution in [0, 0.1) is 17.1 Å². The number of carbonyl (C=O) groups excluding carboxylic acids is 1. The lowest BCUT2D eigenvalue weighted by atomic mass is 10.2. The van der Waals surface area contributed by atoms with Crippen molar-refractivity contribution >= 4 is 11.7 Å². The molecule has 90 valence electrons. The molecule has 0 heterocycles. The molecule has 0 aliphatic heterocycles. The highest BCUT2D eigenvalue weighted by Crippen LogP contribution is 2.15. The van der Waals surface area contributed by atoms with Gasteiger partial charge < -0.3 is 15.4 Å². The molecule has 1 rings (SSSR count). The first kappa shape index (κ1) is 12.9. The Morgan fingerprint density at radius 1 is 1.59 bits per heavy atom. The Morgan fingerprint density at radius 2 is 2.35 bits per heavy atom. The van der Waals surface area contributed by atoms with Crippen LogP contribution in [0.4, 0.5) is 14.9 Å². The highest BCUT2D eigenvalue weighted by molar-refractivity contribution is 5.90. The molecule has 0 bridgehead atoms. The number of methoxy groups -OCH3 is 1. The quantitative estimate of drug-likeness (QED) is 0.778. The molecular weight excluding hydrogens is 225 g/mol. The molecule has 0 aromatic heterocycles. The predicted molar refractivity (Wildman–Crippen MR) is 60.0 cm³/mol. The van der Waals surface area contributed by atoms with E-state index < -0.39 is 11.8 Å². The number of nitriles is 1. The largest absolute Gasteiger partial charge is 0.383 e. The standard InChI is InChI=1S/C11H12FN3O2/c1-17-5-4-14-11(16)15-10-3-2-9(12)6-8(10)7-13/h2-3,6H,4-5H2,1H3,(H2,14,15,16). The van der Waals surface area contributed by atoms with Gasteiger partial charge in [-0.05, 0) is 18.2 Å². The molecule has 17 heavy (non-hydrogen) atoms. The van der Waals surface area contributed by atoms with Crippen LogP contribution in [-0.2, 0) is 4.74 Å². The fourth-order valence-electron chi connectivity index (χ4n) is 1.15. The lowest BCUT2D eigenvalue weighted by Gasteiger charge is -2.08. The molecule has 0 fully saturated rings. The molecule has 0 spiro atoms. The number of hydrogen-bond acceptors (Lipinski definition) is 3. The van der Waals surface area contributed by atoms with E-state index in [4.69, 9.17) is 10.00 Å². The fourth-order valence-corrected chi connectivity index (χ4v) is 1.15. The van der Waals surface area contributed by atoms with Crippen molar-refractivity contribution in [2.45, 2.75) is 0 Å². The summed E-state index contributed by atoms with van der Waals surface area (Å²) in [5.41, 5.74) is 0.343. The minimum atomic E-state index is -0.521. The maximum Gasteiger partial charge on any atom is 0.319 e. The van der Waals surface area contributed by atoms with Crippen LogP contribution >= 0.6 is 0 Å². The van der Waals surface area contributed by atoms with Crippen LogP contribution in [0.15, 0.2) is 18.2 Å². The van der Waals surface area contributed by atoms with Crippen LogP contribution in [0.2, 0.25) is 0 Å². The second kappa shape index (κ2) is 6.45. The summed E-state index contributed by atoms with van der Waals surface area (Å²) in [5.74, 6) is -0.521. The number of nitrogens with one attached hydrogen (secondary N) is 2. The summed E-state index contributed by atoms with van der Waals surface area (Å²) in [6.45, 7) is 0.743. The normalized spacial score (nSPS) is 9.47. The third kappa shape index (κ3) is 4.09. The highest BCUT2D eigenvalue weighted by atomic mass is 19.1. The monoisotopic (exact) mass is 237 g/mol. The minimum Gasteiger partial charge on any atom is -0.383 e. The van der Waals surface area contributed by atoms with E-state index in [0.29, 0.717) is 13.2 Å². The fraction of sp³-hybridized carbons (Fsp3) is 0.273. The Labute approximate surface area is 98.2 Å². The van der Waals surface area contributed by atoms with E-state index in [9.17, 15) is 9.18 Å². The smallest absolute Gasteiger partial charge is 0.319 e. The lowest BCUT2D eigenvalue weighted by molar-refractivity contribution is 0.198. The molecule has 0 saturated carbocycles. The van der Waals surface area contributed by atoms with Crippen molar-refractivity contribution < 1.29 is 13.9 Å². The number of nitrogens with zero attached hydrogens (tertiary/aromatic N) is 1. The molecule has 0 radical (unpaired) electrons. The number of urea groups is 1. The van der Waals surface area contributed by atoms with E-state index in [1.54, 1.807) is 6.07 Å². The van der Waals surface area contributed by atoms with Crippen molar-refractivity contribution in [1.82, 2.24) is 5.32 Å². The molecule has 6 heteroatoms. The van der Waals surface area contributed by atoms with Crippen molar-refractivity contribution in [3.63, 3.8) is 0 Å². The molecule has 0 aliphatic carbocycles. The average molecular weight is 237 g/mol. The molecule has 2 amide bonds. The molecule has 2 N–H and O–H groups in total. The van der Waals surface area contributed by atoms with Gasteiger partial charge in [0.2, 0.25) is 0 Å². The number of rotatable bonds is 4. The van der Waals surface area contributed by atoms with E-state index in [1.807, 2.05) is 0 Å². The Kier molecular flexibility index (Phi) is 4.91. The molecule has 1 aromatic rings. The Bertz CT molecular complexity index is 443. The molecule has 0 atom stereocenters. The lowest BCUT2D eigenvalue weighted by Crippen LogP contribution is -2.31. The van der Waals surface area contributed by atoms with Gasteiger partial charge in [-0.25, -0.2) is 9.18 Å². The van der Waals surface area contributed by atoms with Gasteiger partial charge in [0.15, 0.2) is 0 Å². The molecule has 5 nitrogen and oxygen atoms in total. The van der Waals surface area contributed by atoms with Gasteiger partial charge in [-0.15, -0.1) is 0 Å². The predicted octanol–water partition coefficient (Wildman–Crippen LogP) is 1.47. The van der Waals surface area contributed by atoms with Gasteiger partial charge in [-0.1, -0.05) is 0 Å². The van der Waals surface area contributed by atoms with E-state index in [2.05, 4.69) is 10.6 Å². The van der Waals surface area contributed by atoms with Crippen molar-refractivity contribution in [2.75, 3.05) is 25.6 Å². The summed E-state index contributed by atoms with van der Waals surface area (Å²) < 4.78 is 17.6. The number of benzene rings is 1. The highest BCUT2D eigenvalue weighted by Gasteiger charge is 2.06. The van der Waals surface area contributed by atoms with Gasteiger partial charge in [0, 0.05) is 13.7 Å². The van der Waals surface area contributed by atoms with Crippen molar-refractivity contribution in [2.24, 2.45) is 0 Å². The van der Waals surface area contributed by atoms with Gasteiger partial charge in [0.1, 0.15) is 11.9 Å². The summed E-state index contributed by atoms with van der Waals surface area (Å²) in [5, 5.41) is 13.7. The second-order valence-corrected chi connectivity index (χ2v) is 3.18. The van der Waals surface area contributed by atoms with E-state index in [-0.39, 0.29) is 11.3 Å². The van der Waals surface area contributed by atoms with Crippen LogP contribution < -0.4 is 10.6 Å². The molecule has 1 aromatic carbocycles. The first-order chi connectivity index (χ1) is 8.17. The van der Waals surface area contributed by atoms with Crippen LogP contribution in [0.25, 0.3) is 0 Å². The second-order valence-electron chi connectivity index (χ2n) is 3.18. The first-order valence-corrected chi connectivity index (χ1v) is 4.91. The molecule has 0 saturated heterocycles. The van der Waals surface area contributed by atoms with Crippen molar-refractivity contribution in [3.05, 3.63) is 29.6 Å². The zero-order valence-corrected chi connectivity index (χ0v) is 9.29. The van der Waals surface area contributed by atoms with Crippen molar-refractivity contribution in [3.8, 4) is 6.07 Å². The SMILES string of the molecule is COCCNC(=O)Nc1ccc(F)cc1C#N. The maximum absolute atomic E-state index is 12.8. The van der Waals surface area contributed by atoms with Crippen molar-refractivity contribution in [1.29, 1.82) is 5.26 Å². The van der Waals surface area contributed by atoms with Gasteiger partial charge in [0.05, 0.1) is 17.9 Å². The van der Waals surface area contributed by atoms with Gasteiger partial charge in [-0.2, -0.15) is 5.26 Å². The molecule has 0 unspecified atom stereocenters. The van der Waals surface area contributed by atoms with Crippen LogP contribution in [0.3, 0.4) is 0 Å². The topological polar surface area (TPSA) is 74.2 Å². The van der Waals surface area contributed by atoms with Gasteiger partial charge >= 0.3 is 6.03 Å². The molecule has 0 aliphatic rings. The zero-order chi connectivity index (χ0) is 12.7. The third-order valence-corrected chi connectivity index (χ3v) is 1.94. The van der Waals surface area contributed by atoms with Crippen LogP contribution in [-0.4, -0.2) is 26.3 Å². The minimum absolute atomic E-state index is 0.0758. The van der Waals surface area contributed by atoms with Gasteiger partial charge in [-0.3, -0.25) is 0 Å². The Hall–Kier alpha value is -2.13. The average Bonchev–Trinajstić information content (AvgIpc) is 2.32. The van der Waals surface area contributed by atoms with E-state index in [0.717, 1.165) is 6.07 Å². The third-order valence-electron chi connectivity index (χ3n) is 1.94. The Balaban J connectivity index is 2.62. The maximum atomic E-state index is 12.8. The number of hydrogen-bond donors (Lipinski definition) is 2. The Morgan fingerprint density at radius 3 is 3.00 bits per heavy atom.